The molecule has 0 radical (unpaired) electrons. The molecule has 1 atom stereocenters. The Morgan fingerprint density at radius 1 is 1.82 bits per heavy atom. The predicted octanol–water partition coefficient (Wildman–Crippen LogP) is -0.0224. The minimum atomic E-state index is -0.984. The van der Waals surface area contributed by atoms with E-state index in [1.54, 1.807) is 0 Å². The summed E-state index contributed by atoms with van der Waals surface area (Å²) in [5.74, 6) is -1.29. The van der Waals surface area contributed by atoms with Gasteiger partial charge in [0.1, 0.15) is 9.57 Å². The van der Waals surface area contributed by atoms with Gasteiger partial charge in [-0.15, -0.1) is 0 Å². The highest BCUT2D eigenvalue weighted by molar-refractivity contribution is 8.24. The number of nitrogens with one attached hydrogen (secondary N) is 1. The third-order valence-electron chi connectivity index (χ3n) is 1.13. The molecule has 6 heteroatoms. The number of thioether (sulfide) groups is 1. The van der Waals surface area contributed by atoms with Crippen LogP contribution >= 0.6 is 24.0 Å². The molecule has 0 unspecified atom stereocenters. The van der Waals surface area contributed by atoms with Crippen molar-refractivity contribution in [1.29, 1.82) is 0 Å². The highest BCUT2D eigenvalue weighted by Crippen LogP contribution is 2.21. The van der Waals surface area contributed by atoms with Crippen molar-refractivity contribution in [1.82, 2.24) is 5.32 Å². The topological polar surface area (TPSA) is 66.4 Å². The van der Waals surface area contributed by atoms with Crippen molar-refractivity contribution in [2.24, 2.45) is 0 Å². The van der Waals surface area contributed by atoms with Gasteiger partial charge in [0.15, 0.2) is 0 Å². The summed E-state index contributed by atoms with van der Waals surface area (Å²) in [5.41, 5.74) is 0. The highest BCUT2D eigenvalue weighted by Gasteiger charge is 2.30. The fourth-order valence-electron chi connectivity index (χ4n) is 0.686. The van der Waals surface area contributed by atoms with Crippen molar-refractivity contribution < 1.29 is 14.7 Å². The summed E-state index contributed by atoms with van der Waals surface area (Å²) < 4.78 is 0.362. The Balaban J connectivity index is 2.53. The number of hydrogen-bond donors (Lipinski definition) is 2. The van der Waals surface area contributed by atoms with E-state index in [2.05, 4.69) is 17.5 Å². The van der Waals surface area contributed by atoms with Crippen molar-refractivity contribution in [3.63, 3.8) is 0 Å². The van der Waals surface area contributed by atoms with Crippen LogP contribution in [-0.2, 0) is 9.59 Å². The molecule has 1 aliphatic rings. The first-order valence-electron chi connectivity index (χ1n) is 2.83. The average molecular weight is 191 g/mol. The molecule has 1 aliphatic heterocycles. The van der Waals surface area contributed by atoms with E-state index in [1.807, 2.05) is 0 Å². The van der Waals surface area contributed by atoms with E-state index < -0.39 is 11.2 Å². The normalized spacial score (nSPS) is 23.5. The Morgan fingerprint density at radius 2 is 2.45 bits per heavy atom. The van der Waals surface area contributed by atoms with Crippen molar-refractivity contribution in [3.05, 3.63) is 0 Å². The summed E-state index contributed by atoms with van der Waals surface area (Å²) in [7, 11) is 0. The Labute approximate surface area is 72.3 Å². The lowest BCUT2D eigenvalue weighted by molar-refractivity contribution is -0.138. The van der Waals surface area contributed by atoms with Crippen molar-refractivity contribution >= 4 is 40.2 Å². The number of thiocarbonyl (C=S) groups is 1. The minimum Gasteiger partial charge on any atom is -0.481 e. The lowest BCUT2D eigenvalue weighted by Gasteiger charge is -1.97. The van der Waals surface area contributed by atoms with Crippen LogP contribution in [0.2, 0.25) is 0 Å². The van der Waals surface area contributed by atoms with Crippen molar-refractivity contribution in [3.8, 4) is 0 Å². The minimum absolute atomic E-state index is 0.170. The molecule has 0 bridgehead atoms. The first-order chi connectivity index (χ1) is 5.09. The van der Waals surface area contributed by atoms with Gasteiger partial charge in [0.2, 0.25) is 5.91 Å². The van der Waals surface area contributed by atoms with E-state index in [9.17, 15) is 9.59 Å². The van der Waals surface area contributed by atoms with E-state index in [0.717, 1.165) is 11.8 Å². The molecule has 0 spiro atoms. The zero-order chi connectivity index (χ0) is 8.43. The standard InChI is InChI=1S/C5H5NO3S2/c7-3(8)1-2-4(9)6-5(10)11-2/h2H,1H2,(H,7,8)(H,6,9,10)/t2-/m1/s1. The van der Waals surface area contributed by atoms with Crippen LogP contribution in [0.3, 0.4) is 0 Å². The maximum atomic E-state index is 10.8. The summed E-state index contributed by atoms with van der Waals surface area (Å²) >= 11 is 5.76. The highest BCUT2D eigenvalue weighted by atomic mass is 32.2. The van der Waals surface area contributed by atoms with Gasteiger partial charge in [0.05, 0.1) is 6.42 Å². The molecule has 1 rings (SSSR count). The zero-order valence-corrected chi connectivity index (χ0v) is 7.00. The maximum Gasteiger partial charge on any atom is 0.305 e. The van der Waals surface area contributed by atoms with Gasteiger partial charge in [-0.05, 0) is 0 Å². The van der Waals surface area contributed by atoms with Crippen LogP contribution in [0.4, 0.5) is 0 Å². The summed E-state index contributed by atoms with van der Waals surface area (Å²) in [6.45, 7) is 0. The van der Waals surface area contributed by atoms with Gasteiger partial charge in [-0.1, -0.05) is 24.0 Å². The molecular formula is C5H5NO3S2. The van der Waals surface area contributed by atoms with E-state index in [1.165, 1.54) is 0 Å². The fraction of sp³-hybridized carbons (Fsp3) is 0.400. The molecule has 1 saturated heterocycles. The van der Waals surface area contributed by atoms with Gasteiger partial charge in [0.25, 0.3) is 0 Å². The van der Waals surface area contributed by atoms with Crippen molar-refractivity contribution in [2.45, 2.75) is 11.7 Å². The molecule has 0 aromatic rings. The largest absolute Gasteiger partial charge is 0.481 e. The second-order valence-corrected chi connectivity index (χ2v) is 3.86. The zero-order valence-electron chi connectivity index (χ0n) is 5.36. The van der Waals surface area contributed by atoms with Gasteiger partial charge in [-0.25, -0.2) is 0 Å². The molecule has 0 aromatic heterocycles. The molecule has 11 heavy (non-hydrogen) atoms. The van der Waals surface area contributed by atoms with Crippen LogP contribution in [0.1, 0.15) is 6.42 Å². The van der Waals surface area contributed by atoms with Crippen LogP contribution in [0.15, 0.2) is 0 Å². The Bertz CT molecular complexity index is 228. The third kappa shape index (κ3) is 2.16. The van der Waals surface area contributed by atoms with Crippen LogP contribution in [0.5, 0.6) is 0 Å². The number of carbonyl (C=O) groups is 2. The summed E-state index contributed by atoms with van der Waals surface area (Å²) in [6.07, 6.45) is -0.170. The first kappa shape index (κ1) is 8.48. The second-order valence-electron chi connectivity index (χ2n) is 1.98. The van der Waals surface area contributed by atoms with Gasteiger partial charge in [-0.3, -0.25) is 9.59 Å². The SMILES string of the molecule is O=C(O)C[C@H]1SC(=S)NC1=O. The van der Waals surface area contributed by atoms with Crippen LogP contribution in [-0.4, -0.2) is 26.6 Å². The number of aliphatic carboxylic acids is 1. The summed E-state index contributed by atoms with van der Waals surface area (Å²) in [4.78, 5) is 21.0. The molecule has 2 N–H and O–H groups in total. The van der Waals surface area contributed by atoms with E-state index in [4.69, 9.17) is 5.11 Å². The molecule has 1 amide bonds. The molecule has 60 valence electrons. The van der Waals surface area contributed by atoms with E-state index in [0.29, 0.717) is 4.32 Å². The maximum absolute atomic E-state index is 10.8. The molecular weight excluding hydrogens is 186 g/mol. The molecule has 1 heterocycles. The van der Waals surface area contributed by atoms with Crippen molar-refractivity contribution in [2.75, 3.05) is 0 Å². The quantitative estimate of drug-likeness (QED) is 0.600. The number of amides is 1. The monoisotopic (exact) mass is 191 g/mol. The van der Waals surface area contributed by atoms with Crippen LogP contribution < -0.4 is 5.32 Å². The Kier molecular flexibility index (Phi) is 2.45. The lowest BCUT2D eigenvalue weighted by Crippen LogP contribution is -2.25. The van der Waals surface area contributed by atoms with Gasteiger partial charge >= 0.3 is 5.97 Å². The predicted molar refractivity (Wildman–Crippen MR) is 44.4 cm³/mol. The molecule has 0 saturated carbocycles. The molecule has 0 aromatic carbocycles. The van der Waals surface area contributed by atoms with E-state index >= 15 is 0 Å². The van der Waals surface area contributed by atoms with Gasteiger partial charge < -0.3 is 10.4 Å². The summed E-state index contributed by atoms with van der Waals surface area (Å²) in [6, 6.07) is 0. The van der Waals surface area contributed by atoms with E-state index in [-0.39, 0.29) is 12.3 Å². The third-order valence-corrected chi connectivity index (χ3v) is 2.50. The first-order valence-corrected chi connectivity index (χ1v) is 4.11. The average Bonchev–Trinajstić information content (AvgIpc) is 2.09. The fourth-order valence-corrected chi connectivity index (χ4v) is 1.95. The molecule has 1 fully saturated rings. The van der Waals surface area contributed by atoms with Gasteiger partial charge in [0, 0.05) is 0 Å². The van der Waals surface area contributed by atoms with Gasteiger partial charge in [-0.2, -0.15) is 0 Å². The van der Waals surface area contributed by atoms with Crippen LogP contribution in [0, 0.1) is 0 Å². The second kappa shape index (κ2) is 3.19. The molecule has 4 nitrogen and oxygen atoms in total. The summed E-state index contributed by atoms with van der Waals surface area (Å²) in [5, 5.41) is 10.2. The Morgan fingerprint density at radius 3 is 2.82 bits per heavy atom. The number of carboxylic acids is 1. The number of hydrogen-bond acceptors (Lipinski definition) is 4. The smallest absolute Gasteiger partial charge is 0.305 e. The van der Waals surface area contributed by atoms with Crippen LogP contribution in [0.25, 0.3) is 0 Å². The molecule has 0 aliphatic carbocycles. The lowest BCUT2D eigenvalue weighted by atomic mass is 10.3. The Hall–Kier alpha value is -0.620. The number of carbonyl (C=O) groups excluding carboxylic acids is 1. The number of carboxylic acid groups (broad SMARTS) is 1. The number of rotatable bonds is 2.